The fraction of sp³-hybridized carbons (Fsp3) is 0.636. The molecule has 0 aliphatic heterocycles. The second-order valence-corrected chi connectivity index (χ2v) is 12.4. The predicted molar refractivity (Wildman–Crippen MR) is 113 cm³/mol. The molecule has 0 spiro atoms. The molecule has 5 heteroatoms. The molecule has 0 bridgehead atoms. The molecule has 4 nitrogen and oxygen atoms in total. The Bertz CT molecular complexity index is 578. The molecule has 0 heterocycles. The Labute approximate surface area is 165 Å². The lowest BCUT2D eigenvalue weighted by Gasteiger charge is -2.18. The van der Waals surface area contributed by atoms with Crippen LogP contribution in [0, 0.1) is 0 Å². The molecule has 0 atom stereocenters. The van der Waals surface area contributed by atoms with E-state index >= 15 is 0 Å². The van der Waals surface area contributed by atoms with Gasteiger partial charge in [0, 0.05) is 0 Å². The fourth-order valence-electron chi connectivity index (χ4n) is 2.83. The van der Waals surface area contributed by atoms with Crippen LogP contribution in [0.4, 0.5) is 0 Å². The molecule has 0 aliphatic rings. The Kier molecular flexibility index (Phi) is 11.0. The summed E-state index contributed by atoms with van der Waals surface area (Å²) in [4.78, 5) is 24.7. The van der Waals surface area contributed by atoms with E-state index in [0.29, 0.717) is 6.61 Å². The number of rotatable bonds is 13. The smallest absolute Gasteiger partial charge is 0.339 e. The van der Waals surface area contributed by atoms with E-state index in [1.807, 2.05) is 19.6 Å². The standard InChI is InChI=1S/C22H36O4Si/c1-5-6-7-8-9-10-11-12-15-18-25-21(23)19-16-13-14-17-20(19)22(24)26-27(2,3)4/h13-14,16-17H,5-12,15,18H2,1-4H3. The van der Waals surface area contributed by atoms with E-state index in [1.54, 1.807) is 24.3 Å². The minimum Gasteiger partial charge on any atom is -0.516 e. The van der Waals surface area contributed by atoms with Gasteiger partial charge in [-0.15, -0.1) is 0 Å². The summed E-state index contributed by atoms with van der Waals surface area (Å²) in [6.07, 6.45) is 11.0. The summed E-state index contributed by atoms with van der Waals surface area (Å²) in [6, 6.07) is 6.72. The van der Waals surface area contributed by atoms with Crippen molar-refractivity contribution in [1.29, 1.82) is 0 Å². The molecule has 0 radical (unpaired) electrons. The second-order valence-electron chi connectivity index (χ2n) is 8.01. The number of unbranched alkanes of at least 4 members (excludes halogenated alkanes) is 8. The highest BCUT2D eigenvalue weighted by Gasteiger charge is 2.24. The molecule has 0 amide bonds. The third kappa shape index (κ3) is 10.3. The molecule has 0 saturated carbocycles. The van der Waals surface area contributed by atoms with Crippen LogP contribution in [0.15, 0.2) is 24.3 Å². The van der Waals surface area contributed by atoms with Gasteiger partial charge in [0.15, 0.2) is 0 Å². The van der Waals surface area contributed by atoms with Gasteiger partial charge in [0.2, 0.25) is 8.32 Å². The average Bonchev–Trinajstić information content (AvgIpc) is 2.61. The Morgan fingerprint density at radius 1 is 0.778 bits per heavy atom. The van der Waals surface area contributed by atoms with E-state index in [1.165, 1.54) is 44.9 Å². The monoisotopic (exact) mass is 392 g/mol. The van der Waals surface area contributed by atoms with Crippen LogP contribution >= 0.6 is 0 Å². The van der Waals surface area contributed by atoms with Crippen LogP contribution in [0.2, 0.25) is 19.6 Å². The first-order valence-corrected chi connectivity index (χ1v) is 13.8. The summed E-state index contributed by atoms with van der Waals surface area (Å²) >= 11 is 0. The SMILES string of the molecule is CCCCCCCCCCCOC(=O)c1ccccc1C(=O)O[Si](C)(C)C. The molecule has 0 N–H and O–H groups in total. The van der Waals surface area contributed by atoms with E-state index in [0.717, 1.165) is 12.8 Å². The molecule has 0 fully saturated rings. The van der Waals surface area contributed by atoms with Gasteiger partial charge >= 0.3 is 11.9 Å². The van der Waals surface area contributed by atoms with Crippen molar-refractivity contribution in [1.82, 2.24) is 0 Å². The lowest BCUT2D eigenvalue weighted by molar-refractivity contribution is 0.0488. The maximum absolute atomic E-state index is 12.4. The summed E-state index contributed by atoms with van der Waals surface area (Å²) in [5.74, 6) is -0.887. The van der Waals surface area contributed by atoms with Gasteiger partial charge in [0.25, 0.3) is 0 Å². The molecule has 152 valence electrons. The van der Waals surface area contributed by atoms with Crippen molar-refractivity contribution in [3.63, 3.8) is 0 Å². The van der Waals surface area contributed by atoms with E-state index < -0.39 is 20.3 Å². The third-order valence-corrected chi connectivity index (χ3v) is 5.04. The Morgan fingerprint density at radius 3 is 1.78 bits per heavy atom. The first-order valence-electron chi connectivity index (χ1n) is 10.3. The molecule has 1 aromatic carbocycles. The quantitative estimate of drug-likeness (QED) is 0.222. The lowest BCUT2D eigenvalue weighted by Crippen LogP contribution is -2.30. The summed E-state index contributed by atoms with van der Waals surface area (Å²) < 4.78 is 10.9. The fourth-order valence-corrected chi connectivity index (χ4v) is 3.49. The van der Waals surface area contributed by atoms with Crippen LogP contribution in [0.1, 0.15) is 85.4 Å². The summed E-state index contributed by atoms with van der Waals surface area (Å²) in [7, 11) is -2.02. The highest BCUT2D eigenvalue weighted by molar-refractivity contribution is 6.71. The van der Waals surface area contributed by atoms with Crippen LogP contribution in [0.25, 0.3) is 0 Å². The molecular weight excluding hydrogens is 356 g/mol. The van der Waals surface area contributed by atoms with Crippen molar-refractivity contribution in [3.8, 4) is 0 Å². The largest absolute Gasteiger partial charge is 0.516 e. The van der Waals surface area contributed by atoms with Crippen LogP contribution in [0.5, 0.6) is 0 Å². The molecule has 0 aliphatic carbocycles. The van der Waals surface area contributed by atoms with Gasteiger partial charge < -0.3 is 9.16 Å². The summed E-state index contributed by atoms with van der Waals surface area (Å²) in [5, 5.41) is 0. The van der Waals surface area contributed by atoms with Gasteiger partial charge in [0.1, 0.15) is 0 Å². The Hall–Kier alpha value is -1.62. The van der Waals surface area contributed by atoms with Crippen LogP contribution < -0.4 is 0 Å². The maximum atomic E-state index is 12.4. The van der Waals surface area contributed by atoms with Crippen LogP contribution in [-0.4, -0.2) is 26.9 Å². The highest BCUT2D eigenvalue weighted by atomic mass is 28.4. The van der Waals surface area contributed by atoms with Crippen molar-refractivity contribution in [2.24, 2.45) is 0 Å². The number of hydrogen-bond acceptors (Lipinski definition) is 4. The number of ether oxygens (including phenoxy) is 1. The Balaban J connectivity index is 2.34. The zero-order valence-electron chi connectivity index (χ0n) is 17.5. The van der Waals surface area contributed by atoms with Gasteiger partial charge in [-0.25, -0.2) is 9.59 Å². The van der Waals surface area contributed by atoms with Crippen molar-refractivity contribution in [2.75, 3.05) is 6.61 Å². The van der Waals surface area contributed by atoms with Gasteiger partial charge in [-0.2, -0.15) is 0 Å². The molecule has 0 unspecified atom stereocenters. The molecule has 27 heavy (non-hydrogen) atoms. The third-order valence-electron chi connectivity index (χ3n) is 4.25. The molecule has 0 aromatic heterocycles. The molecule has 1 rings (SSSR count). The molecule has 1 aromatic rings. The average molecular weight is 393 g/mol. The van der Waals surface area contributed by atoms with Crippen molar-refractivity contribution in [2.45, 2.75) is 84.4 Å². The highest BCUT2D eigenvalue weighted by Crippen LogP contribution is 2.16. The van der Waals surface area contributed by atoms with Crippen molar-refractivity contribution >= 4 is 20.3 Å². The number of esters is 1. The number of hydrogen-bond donors (Lipinski definition) is 0. The van der Waals surface area contributed by atoms with Gasteiger partial charge in [-0.05, 0) is 38.2 Å². The Morgan fingerprint density at radius 2 is 1.26 bits per heavy atom. The summed E-state index contributed by atoms with van der Waals surface area (Å²) in [5.41, 5.74) is 0.577. The van der Waals surface area contributed by atoms with E-state index in [2.05, 4.69) is 6.92 Å². The predicted octanol–water partition coefficient (Wildman–Crippen LogP) is 6.37. The number of carbonyl (C=O) groups excluding carboxylic acids is 2. The zero-order chi connectivity index (χ0) is 20.1. The van der Waals surface area contributed by atoms with Gasteiger partial charge in [0.05, 0.1) is 17.7 Å². The van der Waals surface area contributed by atoms with E-state index in [-0.39, 0.29) is 11.1 Å². The van der Waals surface area contributed by atoms with E-state index in [4.69, 9.17) is 9.16 Å². The first-order chi connectivity index (χ1) is 12.8. The van der Waals surface area contributed by atoms with Gasteiger partial charge in [-0.3, -0.25) is 0 Å². The second kappa shape index (κ2) is 12.7. The van der Waals surface area contributed by atoms with E-state index in [9.17, 15) is 9.59 Å². The van der Waals surface area contributed by atoms with Gasteiger partial charge in [-0.1, -0.05) is 70.4 Å². The summed E-state index contributed by atoms with van der Waals surface area (Å²) in [6.45, 7) is 8.45. The zero-order valence-corrected chi connectivity index (χ0v) is 18.5. The van der Waals surface area contributed by atoms with Crippen molar-refractivity contribution < 1.29 is 18.8 Å². The number of benzene rings is 1. The molecule has 0 saturated heterocycles. The maximum Gasteiger partial charge on any atom is 0.339 e. The number of carbonyl (C=O) groups is 2. The topological polar surface area (TPSA) is 52.6 Å². The first kappa shape index (κ1) is 23.4. The normalized spacial score (nSPS) is 11.3. The van der Waals surface area contributed by atoms with Crippen molar-refractivity contribution in [3.05, 3.63) is 35.4 Å². The van der Waals surface area contributed by atoms with Crippen LogP contribution in [0.3, 0.4) is 0 Å². The molecular formula is C22H36O4Si. The minimum atomic E-state index is -2.02. The lowest BCUT2D eigenvalue weighted by atomic mass is 10.1. The van der Waals surface area contributed by atoms with Crippen LogP contribution in [-0.2, 0) is 9.16 Å². The minimum absolute atomic E-state index is 0.289.